The van der Waals surface area contributed by atoms with Crippen molar-refractivity contribution in [3.63, 3.8) is 0 Å². The van der Waals surface area contributed by atoms with Crippen molar-refractivity contribution < 1.29 is 0 Å². The van der Waals surface area contributed by atoms with Crippen LogP contribution in [0.5, 0.6) is 0 Å². The third-order valence-corrected chi connectivity index (χ3v) is 4.38. The summed E-state index contributed by atoms with van der Waals surface area (Å²) in [5.74, 6) is 0. The third kappa shape index (κ3) is 2.96. The molecule has 0 fully saturated rings. The number of nitrogens with zero attached hydrogens (tertiary/aromatic N) is 1. The van der Waals surface area contributed by atoms with Crippen LogP contribution in [-0.2, 0) is 6.54 Å². The van der Waals surface area contributed by atoms with Gasteiger partial charge in [-0.05, 0) is 30.7 Å². The largest absolute Gasteiger partial charge is 0.357 e. The average Bonchev–Trinajstić information content (AvgIpc) is 2.80. The summed E-state index contributed by atoms with van der Waals surface area (Å²) < 4.78 is 2.29. The number of benzene rings is 2. The Labute approximate surface area is 124 Å². The predicted octanol–water partition coefficient (Wildman–Crippen LogP) is 4.98. The van der Waals surface area contributed by atoms with Crippen molar-refractivity contribution in [2.45, 2.75) is 13.5 Å². The van der Waals surface area contributed by atoms with E-state index in [4.69, 9.17) is 0 Å². The lowest BCUT2D eigenvalue weighted by molar-refractivity contribution is 1.14. The Bertz CT molecular complexity index is 704. The molecule has 0 radical (unpaired) electrons. The Morgan fingerprint density at radius 1 is 1.16 bits per heavy atom. The number of aromatic nitrogens is 1. The van der Waals surface area contributed by atoms with E-state index >= 15 is 0 Å². The third-order valence-electron chi connectivity index (χ3n) is 2.91. The first-order valence-corrected chi connectivity index (χ1v) is 7.67. The van der Waals surface area contributed by atoms with Crippen molar-refractivity contribution in [1.82, 2.24) is 4.98 Å². The van der Waals surface area contributed by atoms with E-state index in [1.54, 1.807) is 11.3 Å². The maximum atomic E-state index is 4.57. The number of anilines is 1. The molecule has 1 N–H and O–H groups in total. The lowest BCUT2D eigenvalue weighted by atomic mass is 10.1. The molecule has 1 heterocycles. The van der Waals surface area contributed by atoms with Crippen LogP contribution in [0.25, 0.3) is 10.2 Å². The van der Waals surface area contributed by atoms with Crippen molar-refractivity contribution in [2.24, 2.45) is 0 Å². The molecule has 3 aromatic rings. The van der Waals surface area contributed by atoms with Crippen LogP contribution in [0.3, 0.4) is 0 Å². The molecule has 0 saturated carbocycles. The molecule has 0 aliphatic heterocycles. The number of aryl methyl sites for hydroxylation is 1. The number of halogens is 1. The zero-order valence-electron chi connectivity index (χ0n) is 10.5. The molecule has 0 amide bonds. The highest BCUT2D eigenvalue weighted by molar-refractivity contribution is 9.10. The van der Waals surface area contributed by atoms with E-state index in [9.17, 15) is 0 Å². The van der Waals surface area contributed by atoms with Gasteiger partial charge >= 0.3 is 0 Å². The van der Waals surface area contributed by atoms with Crippen LogP contribution in [0.15, 0.2) is 46.9 Å². The Morgan fingerprint density at radius 3 is 2.74 bits per heavy atom. The molecule has 2 aromatic carbocycles. The first-order chi connectivity index (χ1) is 9.20. The van der Waals surface area contributed by atoms with Crippen LogP contribution in [0.1, 0.15) is 11.1 Å². The second-order valence-corrected chi connectivity index (χ2v) is 6.42. The molecule has 96 valence electrons. The summed E-state index contributed by atoms with van der Waals surface area (Å²) in [6, 6.07) is 14.7. The molecular formula is C15H13BrN2S. The molecule has 0 unspecified atom stereocenters. The van der Waals surface area contributed by atoms with E-state index in [2.05, 4.69) is 63.5 Å². The second-order valence-electron chi connectivity index (χ2n) is 4.47. The molecule has 0 spiro atoms. The maximum absolute atomic E-state index is 4.57. The quantitative estimate of drug-likeness (QED) is 0.731. The summed E-state index contributed by atoms with van der Waals surface area (Å²) in [6.07, 6.45) is 0. The Hall–Kier alpha value is -1.39. The zero-order chi connectivity index (χ0) is 13.2. The monoisotopic (exact) mass is 332 g/mol. The van der Waals surface area contributed by atoms with E-state index in [1.807, 2.05) is 12.1 Å². The minimum absolute atomic E-state index is 0.807. The van der Waals surface area contributed by atoms with Crippen molar-refractivity contribution in [3.8, 4) is 0 Å². The first kappa shape index (κ1) is 12.6. The number of rotatable bonds is 3. The molecule has 0 saturated heterocycles. The predicted molar refractivity (Wildman–Crippen MR) is 85.8 cm³/mol. The molecule has 0 aliphatic rings. The van der Waals surface area contributed by atoms with Crippen LogP contribution >= 0.6 is 27.3 Å². The molecule has 0 bridgehead atoms. The normalized spacial score (nSPS) is 10.8. The van der Waals surface area contributed by atoms with Gasteiger partial charge < -0.3 is 5.32 Å². The summed E-state index contributed by atoms with van der Waals surface area (Å²) in [7, 11) is 0. The van der Waals surface area contributed by atoms with Crippen molar-refractivity contribution in [3.05, 3.63) is 58.1 Å². The number of thiazole rings is 1. The van der Waals surface area contributed by atoms with Crippen LogP contribution in [0.4, 0.5) is 5.13 Å². The van der Waals surface area contributed by atoms with Gasteiger partial charge in [0.2, 0.25) is 0 Å². The fourth-order valence-corrected chi connectivity index (χ4v) is 3.27. The standard InChI is InChI=1S/C15H13BrN2S/c1-10-2-4-11(5-3-10)9-17-15-18-13-7-6-12(16)8-14(13)19-15/h2-8H,9H2,1H3,(H,17,18). The minimum Gasteiger partial charge on any atom is -0.357 e. The summed E-state index contributed by atoms with van der Waals surface area (Å²) in [6.45, 7) is 2.91. The summed E-state index contributed by atoms with van der Waals surface area (Å²) >= 11 is 5.16. The molecule has 0 aliphatic carbocycles. The zero-order valence-corrected chi connectivity index (χ0v) is 12.9. The highest BCUT2D eigenvalue weighted by Crippen LogP contribution is 2.28. The van der Waals surface area contributed by atoms with Gasteiger partial charge in [0.05, 0.1) is 10.2 Å². The van der Waals surface area contributed by atoms with Gasteiger partial charge in [-0.3, -0.25) is 0 Å². The van der Waals surface area contributed by atoms with Gasteiger partial charge in [-0.25, -0.2) is 4.98 Å². The van der Waals surface area contributed by atoms with Gasteiger partial charge in [0.1, 0.15) is 0 Å². The van der Waals surface area contributed by atoms with Gasteiger partial charge in [0.15, 0.2) is 5.13 Å². The fraction of sp³-hybridized carbons (Fsp3) is 0.133. The topological polar surface area (TPSA) is 24.9 Å². The minimum atomic E-state index is 0.807. The summed E-state index contributed by atoms with van der Waals surface area (Å²) in [5.41, 5.74) is 3.60. The van der Waals surface area contributed by atoms with E-state index in [-0.39, 0.29) is 0 Å². The Balaban J connectivity index is 1.76. The summed E-state index contributed by atoms with van der Waals surface area (Å²) in [5, 5.41) is 4.35. The summed E-state index contributed by atoms with van der Waals surface area (Å²) in [4.78, 5) is 4.57. The maximum Gasteiger partial charge on any atom is 0.184 e. The highest BCUT2D eigenvalue weighted by Gasteiger charge is 2.03. The number of hydrogen-bond acceptors (Lipinski definition) is 3. The lowest BCUT2D eigenvalue weighted by Gasteiger charge is -2.02. The molecule has 4 heteroatoms. The van der Waals surface area contributed by atoms with Crippen molar-refractivity contribution in [2.75, 3.05) is 5.32 Å². The number of nitrogens with one attached hydrogen (secondary N) is 1. The van der Waals surface area contributed by atoms with E-state index in [0.29, 0.717) is 0 Å². The average molecular weight is 333 g/mol. The Kier molecular flexibility index (Phi) is 3.53. The lowest BCUT2D eigenvalue weighted by Crippen LogP contribution is -1.98. The van der Waals surface area contributed by atoms with E-state index < -0.39 is 0 Å². The molecule has 2 nitrogen and oxygen atoms in total. The number of fused-ring (bicyclic) bond motifs is 1. The smallest absolute Gasteiger partial charge is 0.184 e. The first-order valence-electron chi connectivity index (χ1n) is 6.06. The van der Waals surface area contributed by atoms with Crippen molar-refractivity contribution in [1.29, 1.82) is 0 Å². The van der Waals surface area contributed by atoms with Crippen LogP contribution in [0, 0.1) is 6.92 Å². The number of hydrogen-bond donors (Lipinski definition) is 1. The van der Waals surface area contributed by atoms with Gasteiger partial charge in [-0.2, -0.15) is 0 Å². The van der Waals surface area contributed by atoms with Crippen LogP contribution < -0.4 is 5.32 Å². The van der Waals surface area contributed by atoms with Crippen LogP contribution in [-0.4, -0.2) is 4.98 Å². The molecule has 19 heavy (non-hydrogen) atoms. The fourth-order valence-electron chi connectivity index (χ4n) is 1.86. The van der Waals surface area contributed by atoms with Crippen molar-refractivity contribution >= 4 is 42.6 Å². The molecule has 3 rings (SSSR count). The second kappa shape index (κ2) is 5.31. The van der Waals surface area contributed by atoms with E-state index in [1.165, 1.54) is 15.8 Å². The molecule has 0 atom stereocenters. The van der Waals surface area contributed by atoms with Gasteiger partial charge in [-0.1, -0.05) is 57.1 Å². The van der Waals surface area contributed by atoms with Crippen LogP contribution in [0.2, 0.25) is 0 Å². The highest BCUT2D eigenvalue weighted by atomic mass is 79.9. The molecule has 1 aromatic heterocycles. The molecular weight excluding hydrogens is 320 g/mol. The Morgan fingerprint density at radius 2 is 1.95 bits per heavy atom. The van der Waals surface area contributed by atoms with Gasteiger partial charge in [-0.15, -0.1) is 0 Å². The SMILES string of the molecule is Cc1ccc(CNc2nc3ccc(Br)cc3s2)cc1. The van der Waals surface area contributed by atoms with Gasteiger partial charge in [0.25, 0.3) is 0 Å². The van der Waals surface area contributed by atoms with Gasteiger partial charge in [0, 0.05) is 11.0 Å². The van der Waals surface area contributed by atoms with E-state index in [0.717, 1.165) is 21.7 Å².